The number of aryl methyl sites for hydroxylation is 1. The molecule has 0 radical (unpaired) electrons. The van der Waals surface area contributed by atoms with Crippen LogP contribution in [0, 0.1) is 0 Å². The van der Waals surface area contributed by atoms with Gasteiger partial charge in [-0.25, -0.2) is 0 Å². The number of carbonyl (C=O) groups is 1. The molecule has 2 aliphatic rings. The van der Waals surface area contributed by atoms with Crippen molar-refractivity contribution < 1.29 is 9.53 Å². The van der Waals surface area contributed by atoms with E-state index in [1.54, 1.807) is 35.3 Å². The first-order valence-corrected chi connectivity index (χ1v) is 10.3. The van der Waals surface area contributed by atoms with E-state index in [9.17, 15) is 4.79 Å². The number of rotatable bonds is 5. The number of likely N-dealkylation sites (tertiary alicyclic amines) is 1. The minimum absolute atomic E-state index is 0.0209. The van der Waals surface area contributed by atoms with Crippen LogP contribution in [0.25, 0.3) is 0 Å². The second kappa shape index (κ2) is 7.50. The van der Waals surface area contributed by atoms with Crippen molar-refractivity contribution in [3.05, 3.63) is 40.3 Å². The van der Waals surface area contributed by atoms with Gasteiger partial charge in [0.1, 0.15) is 5.69 Å². The smallest absolute Gasteiger partial charge is 0.269 e. The van der Waals surface area contributed by atoms with Crippen LogP contribution in [0.1, 0.15) is 41.7 Å². The van der Waals surface area contributed by atoms with Crippen molar-refractivity contribution in [2.45, 2.75) is 43.9 Å². The zero-order chi connectivity index (χ0) is 18.0. The highest BCUT2D eigenvalue weighted by Gasteiger charge is 2.42. The van der Waals surface area contributed by atoms with E-state index in [4.69, 9.17) is 4.74 Å². The monoisotopic (exact) mass is 374 g/mol. The van der Waals surface area contributed by atoms with Crippen molar-refractivity contribution >= 4 is 17.2 Å². The molecule has 26 heavy (non-hydrogen) atoms. The molecule has 1 spiro atoms. The molecule has 6 nitrogen and oxygen atoms in total. The number of hydrogen-bond donors (Lipinski definition) is 1. The predicted molar refractivity (Wildman–Crippen MR) is 101 cm³/mol. The number of nitrogens with one attached hydrogen (secondary N) is 1. The molecule has 0 unspecified atom stereocenters. The third-order valence-corrected chi connectivity index (χ3v) is 6.37. The van der Waals surface area contributed by atoms with Gasteiger partial charge in [0.05, 0.1) is 11.7 Å². The fourth-order valence-corrected chi connectivity index (χ4v) is 4.72. The maximum absolute atomic E-state index is 12.2. The molecule has 1 amide bonds. The van der Waals surface area contributed by atoms with Gasteiger partial charge in [-0.2, -0.15) is 16.4 Å². The Hall–Kier alpha value is -1.70. The molecule has 2 aromatic heterocycles. The zero-order valence-electron chi connectivity index (χ0n) is 15.2. The van der Waals surface area contributed by atoms with Crippen molar-refractivity contribution in [3.8, 4) is 0 Å². The highest BCUT2D eigenvalue weighted by Crippen LogP contribution is 2.39. The molecular weight excluding hydrogens is 348 g/mol. The topological polar surface area (TPSA) is 59.4 Å². The Morgan fingerprint density at radius 3 is 2.92 bits per heavy atom. The highest BCUT2D eigenvalue weighted by molar-refractivity contribution is 7.07. The lowest BCUT2D eigenvalue weighted by Gasteiger charge is -2.39. The lowest BCUT2D eigenvalue weighted by molar-refractivity contribution is -0.0764. The standard InChI is InChI=1S/C19H26N4O2S/c1-22-17(3-8-21-22)18(24)20-12-16-2-5-19(25-16)6-9-23(10-7-19)13-15-4-11-26-14-15/h3-4,8,11,14,16H,2,5-7,9-10,12-13H2,1H3,(H,20,24)/t16-/m0/s1. The second-order valence-corrected chi connectivity index (χ2v) is 8.20. The Morgan fingerprint density at radius 2 is 2.23 bits per heavy atom. The van der Waals surface area contributed by atoms with E-state index in [0.29, 0.717) is 12.2 Å². The molecule has 0 bridgehead atoms. The van der Waals surface area contributed by atoms with Gasteiger partial charge in [0.25, 0.3) is 5.91 Å². The lowest BCUT2D eigenvalue weighted by Crippen LogP contribution is -2.44. The van der Waals surface area contributed by atoms with Crippen molar-refractivity contribution in [2.24, 2.45) is 7.05 Å². The van der Waals surface area contributed by atoms with Gasteiger partial charge in [-0.1, -0.05) is 0 Å². The molecule has 0 aliphatic carbocycles. The van der Waals surface area contributed by atoms with E-state index < -0.39 is 0 Å². The fraction of sp³-hybridized carbons (Fsp3) is 0.579. The molecule has 2 saturated heterocycles. The molecule has 0 aromatic carbocycles. The summed E-state index contributed by atoms with van der Waals surface area (Å²) in [5.74, 6) is -0.0832. The van der Waals surface area contributed by atoms with Gasteiger partial charge >= 0.3 is 0 Å². The average molecular weight is 375 g/mol. The van der Waals surface area contributed by atoms with Crippen molar-refractivity contribution in [2.75, 3.05) is 19.6 Å². The summed E-state index contributed by atoms with van der Waals surface area (Å²) < 4.78 is 8.00. The van der Waals surface area contributed by atoms with E-state index in [0.717, 1.165) is 45.3 Å². The molecule has 4 heterocycles. The van der Waals surface area contributed by atoms with Gasteiger partial charge in [-0.05, 0) is 54.1 Å². The Labute approximate surface area is 158 Å². The SMILES string of the molecule is Cn1nccc1C(=O)NC[C@@H]1CCC2(CCN(Cc3ccsc3)CC2)O1. The summed E-state index contributed by atoms with van der Waals surface area (Å²) in [6.07, 6.45) is 6.06. The van der Waals surface area contributed by atoms with E-state index in [-0.39, 0.29) is 17.6 Å². The first kappa shape index (κ1) is 17.7. The summed E-state index contributed by atoms with van der Waals surface area (Å²) in [6, 6.07) is 3.94. The molecule has 0 saturated carbocycles. The molecule has 2 fully saturated rings. The van der Waals surface area contributed by atoms with E-state index in [1.807, 2.05) is 0 Å². The molecular formula is C19H26N4O2S. The first-order valence-electron chi connectivity index (χ1n) is 9.31. The minimum Gasteiger partial charge on any atom is -0.370 e. The Morgan fingerprint density at radius 1 is 1.38 bits per heavy atom. The summed E-state index contributed by atoms with van der Waals surface area (Å²) in [6.45, 7) is 3.79. The van der Waals surface area contributed by atoms with Crippen molar-refractivity contribution in [1.82, 2.24) is 20.0 Å². The van der Waals surface area contributed by atoms with Crippen LogP contribution < -0.4 is 5.32 Å². The van der Waals surface area contributed by atoms with E-state index in [1.165, 1.54) is 5.56 Å². The third kappa shape index (κ3) is 3.84. The van der Waals surface area contributed by atoms with Crippen LogP contribution in [-0.2, 0) is 18.3 Å². The molecule has 1 N–H and O–H groups in total. The summed E-state index contributed by atoms with van der Waals surface area (Å²) in [5.41, 5.74) is 2.01. The lowest BCUT2D eigenvalue weighted by atomic mass is 9.88. The zero-order valence-corrected chi connectivity index (χ0v) is 16.0. The number of thiophene rings is 1. The maximum Gasteiger partial charge on any atom is 0.269 e. The van der Waals surface area contributed by atoms with Crippen LogP contribution in [0.15, 0.2) is 29.1 Å². The summed E-state index contributed by atoms with van der Waals surface area (Å²) in [7, 11) is 1.78. The van der Waals surface area contributed by atoms with Crippen molar-refractivity contribution in [3.63, 3.8) is 0 Å². The number of carbonyl (C=O) groups excluding carboxylic acids is 1. The highest BCUT2D eigenvalue weighted by atomic mass is 32.1. The predicted octanol–water partition coefficient (Wildman–Crippen LogP) is 2.43. The minimum atomic E-state index is -0.0832. The molecule has 4 rings (SSSR count). The summed E-state index contributed by atoms with van der Waals surface area (Å²) >= 11 is 1.76. The van der Waals surface area contributed by atoms with Crippen LogP contribution in [0.2, 0.25) is 0 Å². The first-order chi connectivity index (χ1) is 12.6. The molecule has 1 atom stereocenters. The average Bonchev–Trinajstić information content (AvgIpc) is 3.37. The van der Waals surface area contributed by atoms with Crippen LogP contribution in [0.5, 0.6) is 0 Å². The summed E-state index contributed by atoms with van der Waals surface area (Å²) in [4.78, 5) is 14.7. The Balaban J connectivity index is 1.24. The normalized spacial score (nSPS) is 22.7. The molecule has 2 aliphatic heterocycles. The Bertz CT molecular complexity index is 735. The second-order valence-electron chi connectivity index (χ2n) is 7.42. The van der Waals surface area contributed by atoms with Gasteiger partial charge in [0.2, 0.25) is 0 Å². The molecule has 7 heteroatoms. The Kier molecular flexibility index (Phi) is 5.11. The summed E-state index contributed by atoms with van der Waals surface area (Å²) in [5, 5.41) is 11.4. The quantitative estimate of drug-likeness (QED) is 0.873. The largest absolute Gasteiger partial charge is 0.370 e. The molecule has 140 valence electrons. The van der Waals surface area contributed by atoms with Gasteiger partial charge in [0.15, 0.2) is 0 Å². The van der Waals surface area contributed by atoms with Crippen LogP contribution in [0.3, 0.4) is 0 Å². The van der Waals surface area contributed by atoms with Crippen molar-refractivity contribution in [1.29, 1.82) is 0 Å². The number of hydrogen-bond acceptors (Lipinski definition) is 5. The van der Waals surface area contributed by atoms with Gasteiger partial charge in [-0.15, -0.1) is 0 Å². The number of ether oxygens (including phenoxy) is 1. The van der Waals surface area contributed by atoms with Gasteiger partial charge in [0, 0.05) is 39.4 Å². The number of amides is 1. The van der Waals surface area contributed by atoms with E-state index in [2.05, 4.69) is 32.1 Å². The van der Waals surface area contributed by atoms with Crippen LogP contribution in [-0.4, -0.2) is 51.9 Å². The fourth-order valence-electron chi connectivity index (χ4n) is 4.06. The van der Waals surface area contributed by atoms with Crippen LogP contribution in [0.4, 0.5) is 0 Å². The molecule has 2 aromatic rings. The van der Waals surface area contributed by atoms with Gasteiger partial charge < -0.3 is 10.1 Å². The third-order valence-electron chi connectivity index (χ3n) is 5.64. The van der Waals surface area contributed by atoms with E-state index >= 15 is 0 Å². The number of piperidine rings is 1. The van der Waals surface area contributed by atoms with Gasteiger partial charge in [-0.3, -0.25) is 14.4 Å². The van der Waals surface area contributed by atoms with Crippen LogP contribution >= 0.6 is 11.3 Å². The number of aromatic nitrogens is 2. The number of nitrogens with zero attached hydrogens (tertiary/aromatic N) is 3. The maximum atomic E-state index is 12.2.